The quantitative estimate of drug-likeness (QED) is 0.542. The largest absolute Gasteiger partial charge is 0.291 e. The smallest absolute Gasteiger partial charge is 0.266 e. The van der Waals surface area contributed by atoms with Crippen LogP contribution >= 0.6 is 22.9 Å². The minimum absolute atomic E-state index is 0.270. The molecular formula is C19H11ClFN3OS. The van der Waals surface area contributed by atoms with Crippen LogP contribution in [0.2, 0.25) is 5.02 Å². The molecule has 0 aliphatic rings. The van der Waals surface area contributed by atoms with Crippen LogP contribution in [0.1, 0.15) is 17.0 Å². The lowest BCUT2D eigenvalue weighted by atomic mass is 10.2. The molecule has 0 unspecified atom stereocenters. The molecule has 0 bridgehead atoms. The zero-order chi connectivity index (χ0) is 18.1. The van der Waals surface area contributed by atoms with Crippen LogP contribution in [0.5, 0.6) is 0 Å². The van der Waals surface area contributed by atoms with Crippen LogP contribution in [-0.4, -0.2) is 14.6 Å². The average molecular weight is 384 g/mol. The van der Waals surface area contributed by atoms with Gasteiger partial charge in [0.25, 0.3) is 5.56 Å². The number of halogens is 2. The van der Waals surface area contributed by atoms with E-state index >= 15 is 0 Å². The third-order valence-electron chi connectivity index (χ3n) is 3.64. The Labute approximate surface area is 156 Å². The van der Waals surface area contributed by atoms with Gasteiger partial charge in [-0.2, -0.15) is 9.50 Å². The number of hydrogen-bond donors (Lipinski definition) is 0. The number of hydrogen-bond acceptors (Lipinski definition) is 4. The molecule has 0 saturated carbocycles. The Balaban J connectivity index is 1.67. The molecule has 0 amide bonds. The van der Waals surface area contributed by atoms with E-state index in [4.69, 9.17) is 11.6 Å². The van der Waals surface area contributed by atoms with Crippen LogP contribution in [0.3, 0.4) is 0 Å². The molecule has 0 aliphatic heterocycles. The van der Waals surface area contributed by atoms with Gasteiger partial charge in [-0.15, -0.1) is 5.10 Å². The number of benzene rings is 2. The highest BCUT2D eigenvalue weighted by Gasteiger charge is 2.08. The molecule has 0 spiro atoms. The van der Waals surface area contributed by atoms with Crippen LogP contribution in [-0.2, 0) is 0 Å². The second-order valence-electron chi connectivity index (χ2n) is 5.52. The Kier molecular flexibility index (Phi) is 4.36. The first kappa shape index (κ1) is 16.6. The van der Waals surface area contributed by atoms with E-state index < -0.39 is 0 Å². The molecule has 0 saturated heterocycles. The Morgan fingerprint density at radius 1 is 1.08 bits per heavy atom. The summed E-state index contributed by atoms with van der Waals surface area (Å²) in [6, 6.07) is 13.4. The molecule has 2 heterocycles. The number of aromatic nitrogens is 3. The van der Waals surface area contributed by atoms with E-state index in [9.17, 15) is 9.18 Å². The number of thiazole rings is 1. The summed E-state index contributed by atoms with van der Waals surface area (Å²) in [5, 5.41) is 4.89. The summed E-state index contributed by atoms with van der Waals surface area (Å²) < 4.78 is 15.0. The average Bonchev–Trinajstić information content (AvgIpc) is 3.14. The van der Waals surface area contributed by atoms with Crippen LogP contribution in [0.4, 0.5) is 4.39 Å². The monoisotopic (exact) mass is 383 g/mol. The lowest BCUT2D eigenvalue weighted by Gasteiger charge is -1.92. The second-order valence-corrected chi connectivity index (χ2v) is 6.97. The van der Waals surface area contributed by atoms with Gasteiger partial charge in [-0.3, -0.25) is 4.79 Å². The minimum Gasteiger partial charge on any atom is -0.266 e. The zero-order valence-corrected chi connectivity index (χ0v) is 14.8. The fourth-order valence-electron chi connectivity index (χ4n) is 2.41. The minimum atomic E-state index is -0.347. The third kappa shape index (κ3) is 3.42. The molecule has 4 rings (SSSR count). The highest BCUT2D eigenvalue weighted by Crippen LogP contribution is 2.12. The van der Waals surface area contributed by atoms with E-state index in [1.165, 1.54) is 28.0 Å². The summed E-state index contributed by atoms with van der Waals surface area (Å²) in [6.07, 6.45) is 5.22. The topological polar surface area (TPSA) is 47.3 Å². The molecular weight excluding hydrogens is 373 g/mol. The number of nitrogens with zero attached hydrogens (tertiary/aromatic N) is 3. The van der Waals surface area contributed by atoms with E-state index in [1.54, 1.807) is 36.4 Å². The molecule has 128 valence electrons. The molecule has 26 heavy (non-hydrogen) atoms. The molecule has 0 radical (unpaired) electrons. The van der Waals surface area contributed by atoms with Crippen LogP contribution < -0.4 is 10.1 Å². The van der Waals surface area contributed by atoms with Gasteiger partial charge in [0.1, 0.15) is 5.82 Å². The number of fused-ring (bicyclic) bond motifs is 1. The van der Waals surface area contributed by atoms with Gasteiger partial charge >= 0.3 is 0 Å². The van der Waals surface area contributed by atoms with E-state index in [0.717, 1.165) is 5.56 Å². The van der Waals surface area contributed by atoms with Crippen molar-refractivity contribution >= 4 is 46.1 Å². The maximum absolute atomic E-state index is 13.3. The first-order valence-electron chi connectivity index (χ1n) is 7.69. The summed E-state index contributed by atoms with van der Waals surface area (Å²) in [7, 11) is 0. The highest BCUT2D eigenvalue weighted by molar-refractivity contribution is 7.15. The van der Waals surface area contributed by atoms with Gasteiger partial charge in [0, 0.05) is 5.02 Å². The zero-order valence-electron chi connectivity index (χ0n) is 13.3. The lowest BCUT2D eigenvalue weighted by molar-refractivity contribution is 0.627. The summed E-state index contributed by atoms with van der Waals surface area (Å²) >= 11 is 7.07. The van der Waals surface area contributed by atoms with Gasteiger partial charge in [0.15, 0.2) is 5.82 Å². The van der Waals surface area contributed by atoms with Crippen molar-refractivity contribution < 1.29 is 4.39 Å². The highest BCUT2D eigenvalue weighted by atomic mass is 35.5. The summed E-state index contributed by atoms with van der Waals surface area (Å²) in [4.78, 5) is 17.3. The van der Waals surface area contributed by atoms with Crippen molar-refractivity contribution in [2.75, 3.05) is 0 Å². The van der Waals surface area contributed by atoms with E-state index in [0.29, 0.717) is 25.9 Å². The Bertz CT molecular complexity index is 1230. The van der Waals surface area contributed by atoms with Crippen molar-refractivity contribution in [1.82, 2.24) is 14.6 Å². The molecule has 4 aromatic rings. The van der Waals surface area contributed by atoms with Crippen molar-refractivity contribution in [3.63, 3.8) is 0 Å². The lowest BCUT2D eigenvalue weighted by Crippen LogP contribution is -2.23. The fraction of sp³-hybridized carbons (Fsp3) is 0. The van der Waals surface area contributed by atoms with Gasteiger partial charge in [0.2, 0.25) is 4.96 Å². The van der Waals surface area contributed by atoms with Crippen molar-refractivity contribution in [2.45, 2.75) is 0 Å². The van der Waals surface area contributed by atoms with Crippen LogP contribution in [0.15, 0.2) is 53.3 Å². The first-order valence-corrected chi connectivity index (χ1v) is 8.88. The van der Waals surface area contributed by atoms with Gasteiger partial charge in [-0.05, 0) is 47.5 Å². The Hall–Kier alpha value is -2.83. The summed E-state index contributed by atoms with van der Waals surface area (Å²) in [5.74, 6) is 0.0980. The normalized spacial score (nSPS) is 12.5. The predicted molar refractivity (Wildman–Crippen MR) is 103 cm³/mol. The first-order chi connectivity index (χ1) is 12.6. The Morgan fingerprint density at radius 2 is 1.88 bits per heavy atom. The maximum Gasteiger partial charge on any atom is 0.291 e. The van der Waals surface area contributed by atoms with Gasteiger partial charge in [-0.25, -0.2) is 4.39 Å². The molecule has 4 nitrogen and oxygen atoms in total. The van der Waals surface area contributed by atoms with Gasteiger partial charge < -0.3 is 0 Å². The van der Waals surface area contributed by atoms with Crippen molar-refractivity contribution in [3.8, 4) is 0 Å². The number of rotatable bonds is 3. The molecule has 2 aromatic carbocycles. The van der Waals surface area contributed by atoms with Gasteiger partial charge in [-0.1, -0.05) is 53.3 Å². The van der Waals surface area contributed by atoms with Crippen molar-refractivity contribution in [2.24, 2.45) is 0 Å². The standard InChI is InChI=1S/C19H11ClFN3OS/c20-14-7-4-12(5-8-14)6-9-17-22-19-24(23-17)18(25)16(26-19)11-13-2-1-3-15(21)10-13/h1-11H. The van der Waals surface area contributed by atoms with Gasteiger partial charge in [0.05, 0.1) is 4.53 Å². The molecule has 0 fully saturated rings. The SMILES string of the molecule is O=c1c(=Cc2cccc(F)c2)sc2nc(C=Cc3ccc(Cl)cc3)nn12. The Morgan fingerprint density at radius 3 is 2.62 bits per heavy atom. The molecule has 7 heteroatoms. The van der Waals surface area contributed by atoms with Crippen molar-refractivity contribution in [3.05, 3.63) is 91.2 Å². The van der Waals surface area contributed by atoms with Crippen LogP contribution in [0.25, 0.3) is 23.2 Å². The molecule has 0 N–H and O–H groups in total. The molecule has 0 atom stereocenters. The van der Waals surface area contributed by atoms with Crippen LogP contribution in [0, 0.1) is 5.82 Å². The third-order valence-corrected chi connectivity index (χ3v) is 4.85. The molecule has 0 aliphatic carbocycles. The van der Waals surface area contributed by atoms with E-state index in [1.807, 2.05) is 18.2 Å². The predicted octanol–water partition coefficient (Wildman–Crippen LogP) is 3.66. The van der Waals surface area contributed by atoms with E-state index in [2.05, 4.69) is 10.1 Å². The second kappa shape index (κ2) is 6.82. The molecule has 2 aromatic heterocycles. The van der Waals surface area contributed by atoms with Crippen molar-refractivity contribution in [1.29, 1.82) is 0 Å². The fourth-order valence-corrected chi connectivity index (χ4v) is 3.45. The summed E-state index contributed by atoms with van der Waals surface area (Å²) in [6.45, 7) is 0. The maximum atomic E-state index is 13.3. The summed E-state index contributed by atoms with van der Waals surface area (Å²) in [5.41, 5.74) is 1.30. The van der Waals surface area contributed by atoms with E-state index in [-0.39, 0.29) is 11.4 Å².